The van der Waals surface area contributed by atoms with Crippen LogP contribution in [0.15, 0.2) is 30.6 Å². The van der Waals surface area contributed by atoms with E-state index in [0.717, 1.165) is 11.3 Å². The third kappa shape index (κ3) is 3.30. The van der Waals surface area contributed by atoms with Gasteiger partial charge >= 0.3 is 0 Å². The van der Waals surface area contributed by atoms with Gasteiger partial charge in [-0.05, 0) is 18.2 Å². The number of carbonyl (C=O) groups is 1. The predicted molar refractivity (Wildman–Crippen MR) is 80.0 cm³/mol. The van der Waals surface area contributed by atoms with E-state index in [1.54, 1.807) is 48.1 Å². The third-order valence-electron chi connectivity index (χ3n) is 2.86. The van der Waals surface area contributed by atoms with Gasteiger partial charge in [0.25, 0.3) is 5.91 Å². The van der Waals surface area contributed by atoms with Gasteiger partial charge in [0, 0.05) is 50.2 Å². The van der Waals surface area contributed by atoms with Gasteiger partial charge in [-0.1, -0.05) is 11.6 Å². The van der Waals surface area contributed by atoms with Crippen molar-refractivity contribution in [3.63, 3.8) is 0 Å². The molecule has 0 saturated carbocycles. The van der Waals surface area contributed by atoms with Crippen LogP contribution in [0.2, 0.25) is 5.02 Å². The Balaban J connectivity index is 2.21. The Hall–Kier alpha value is -2.01. The van der Waals surface area contributed by atoms with Crippen LogP contribution in [-0.4, -0.2) is 34.7 Å². The maximum atomic E-state index is 12.1. The summed E-state index contributed by atoms with van der Waals surface area (Å²) in [4.78, 5) is 13.7. The lowest BCUT2D eigenvalue weighted by molar-refractivity contribution is 0.0828. The summed E-state index contributed by atoms with van der Waals surface area (Å²) in [5, 5.41) is 7.93. The van der Waals surface area contributed by atoms with Crippen molar-refractivity contribution in [2.24, 2.45) is 7.05 Å². The van der Waals surface area contributed by atoms with Crippen LogP contribution in [0.1, 0.15) is 15.9 Å². The Kier molecular flexibility index (Phi) is 4.29. The quantitative estimate of drug-likeness (QED) is 0.941. The molecular weight excluding hydrogens is 276 g/mol. The van der Waals surface area contributed by atoms with E-state index in [1.807, 2.05) is 13.2 Å². The average Bonchev–Trinajstić information content (AvgIpc) is 2.81. The fourth-order valence-electron chi connectivity index (χ4n) is 1.85. The highest BCUT2D eigenvalue weighted by Gasteiger charge is 2.13. The maximum absolute atomic E-state index is 12.1. The van der Waals surface area contributed by atoms with Gasteiger partial charge in [-0.25, -0.2) is 0 Å². The fraction of sp³-hybridized carbons (Fsp3) is 0.286. The Labute approximate surface area is 123 Å². The number of amides is 1. The Bertz CT molecular complexity index is 621. The smallest absolute Gasteiger partial charge is 0.255 e. The van der Waals surface area contributed by atoms with Crippen LogP contribution in [0.25, 0.3) is 0 Å². The first kappa shape index (κ1) is 14.4. The molecule has 0 atom stereocenters. The maximum Gasteiger partial charge on any atom is 0.255 e. The largest absolute Gasteiger partial charge is 0.380 e. The molecule has 0 bridgehead atoms. The molecule has 1 N–H and O–H groups in total. The lowest BCUT2D eigenvalue weighted by atomic mass is 10.1. The van der Waals surface area contributed by atoms with Crippen molar-refractivity contribution < 1.29 is 4.79 Å². The zero-order valence-corrected chi connectivity index (χ0v) is 12.5. The molecule has 0 saturated heterocycles. The molecule has 1 aromatic heterocycles. The molecule has 1 aromatic carbocycles. The van der Waals surface area contributed by atoms with E-state index in [1.165, 1.54) is 0 Å². The lowest BCUT2D eigenvalue weighted by Crippen LogP contribution is -2.22. The van der Waals surface area contributed by atoms with E-state index in [4.69, 9.17) is 11.6 Å². The van der Waals surface area contributed by atoms with Crippen molar-refractivity contribution in [3.05, 3.63) is 46.7 Å². The van der Waals surface area contributed by atoms with Crippen LogP contribution < -0.4 is 5.32 Å². The van der Waals surface area contributed by atoms with Gasteiger partial charge in [-0.3, -0.25) is 9.48 Å². The number of anilines is 1. The minimum absolute atomic E-state index is 0.0599. The molecule has 6 heteroatoms. The molecule has 2 rings (SSSR count). The summed E-state index contributed by atoms with van der Waals surface area (Å²) >= 11 is 6.01. The summed E-state index contributed by atoms with van der Waals surface area (Å²) < 4.78 is 1.74. The summed E-state index contributed by atoms with van der Waals surface area (Å²) in [7, 11) is 5.31. The number of hydrogen-bond donors (Lipinski definition) is 1. The summed E-state index contributed by atoms with van der Waals surface area (Å²) in [6.07, 6.45) is 3.70. The number of rotatable bonds is 4. The number of halogens is 1. The van der Waals surface area contributed by atoms with Crippen molar-refractivity contribution in [2.45, 2.75) is 6.54 Å². The van der Waals surface area contributed by atoms with Crippen molar-refractivity contribution in [1.82, 2.24) is 14.7 Å². The molecule has 0 spiro atoms. The first-order valence-electron chi connectivity index (χ1n) is 6.20. The minimum atomic E-state index is -0.0599. The zero-order chi connectivity index (χ0) is 14.7. The lowest BCUT2D eigenvalue weighted by Gasteiger charge is -2.15. The molecule has 0 unspecified atom stereocenters. The Morgan fingerprint density at radius 3 is 2.80 bits per heavy atom. The van der Waals surface area contributed by atoms with E-state index >= 15 is 0 Å². The fourth-order valence-corrected chi connectivity index (χ4v) is 2.02. The number of aromatic nitrogens is 2. The standard InChI is InChI=1S/C14H17ClN4O/c1-18(2)14(20)12-5-4-11(15)6-13(12)16-7-10-8-17-19(3)9-10/h4-6,8-9,16H,7H2,1-3H3. The average molecular weight is 293 g/mol. The molecule has 0 fully saturated rings. The second kappa shape index (κ2) is 5.96. The van der Waals surface area contributed by atoms with Gasteiger partial charge in [0.2, 0.25) is 0 Å². The molecule has 1 heterocycles. The number of carbonyl (C=O) groups excluding carboxylic acids is 1. The van der Waals surface area contributed by atoms with Crippen LogP contribution in [0.5, 0.6) is 0 Å². The Morgan fingerprint density at radius 2 is 2.20 bits per heavy atom. The SMILES string of the molecule is CN(C)C(=O)c1ccc(Cl)cc1NCc1cnn(C)c1. The van der Waals surface area contributed by atoms with Crippen LogP contribution in [-0.2, 0) is 13.6 Å². The third-order valence-corrected chi connectivity index (χ3v) is 3.09. The van der Waals surface area contributed by atoms with Crippen molar-refractivity contribution in [3.8, 4) is 0 Å². The molecule has 1 amide bonds. The molecule has 0 aliphatic carbocycles. The van der Waals surface area contributed by atoms with Gasteiger partial charge < -0.3 is 10.2 Å². The van der Waals surface area contributed by atoms with Gasteiger partial charge in [0.15, 0.2) is 0 Å². The van der Waals surface area contributed by atoms with Gasteiger partial charge in [-0.15, -0.1) is 0 Å². The number of hydrogen-bond acceptors (Lipinski definition) is 3. The predicted octanol–water partition coefficient (Wildman–Crippen LogP) is 2.39. The topological polar surface area (TPSA) is 50.2 Å². The zero-order valence-electron chi connectivity index (χ0n) is 11.7. The summed E-state index contributed by atoms with van der Waals surface area (Å²) in [6, 6.07) is 5.21. The van der Waals surface area contributed by atoms with E-state index in [2.05, 4.69) is 10.4 Å². The minimum Gasteiger partial charge on any atom is -0.380 e. The van der Waals surface area contributed by atoms with E-state index in [0.29, 0.717) is 17.1 Å². The van der Waals surface area contributed by atoms with Crippen LogP contribution >= 0.6 is 11.6 Å². The van der Waals surface area contributed by atoms with E-state index in [9.17, 15) is 4.79 Å². The monoisotopic (exact) mass is 292 g/mol. The van der Waals surface area contributed by atoms with Crippen LogP contribution in [0.3, 0.4) is 0 Å². The number of nitrogens with zero attached hydrogens (tertiary/aromatic N) is 3. The van der Waals surface area contributed by atoms with Gasteiger partial charge in [0.1, 0.15) is 0 Å². The molecule has 5 nitrogen and oxygen atoms in total. The second-order valence-electron chi connectivity index (χ2n) is 4.77. The van der Waals surface area contributed by atoms with Gasteiger partial charge in [-0.2, -0.15) is 5.10 Å². The molecule has 0 aliphatic heterocycles. The second-order valence-corrected chi connectivity index (χ2v) is 5.20. The van der Waals surface area contributed by atoms with Crippen LogP contribution in [0.4, 0.5) is 5.69 Å². The first-order chi connectivity index (χ1) is 9.47. The highest BCUT2D eigenvalue weighted by Crippen LogP contribution is 2.22. The normalized spacial score (nSPS) is 10.4. The van der Waals surface area contributed by atoms with Crippen molar-refractivity contribution in [2.75, 3.05) is 19.4 Å². The summed E-state index contributed by atoms with van der Waals surface area (Å²) in [5.41, 5.74) is 2.36. The summed E-state index contributed by atoms with van der Waals surface area (Å²) in [6.45, 7) is 0.585. The van der Waals surface area contributed by atoms with Crippen molar-refractivity contribution >= 4 is 23.2 Å². The van der Waals surface area contributed by atoms with E-state index in [-0.39, 0.29) is 5.91 Å². The number of nitrogens with one attached hydrogen (secondary N) is 1. The van der Waals surface area contributed by atoms with Crippen LogP contribution in [0, 0.1) is 0 Å². The highest BCUT2D eigenvalue weighted by molar-refractivity contribution is 6.31. The highest BCUT2D eigenvalue weighted by atomic mass is 35.5. The molecule has 106 valence electrons. The van der Waals surface area contributed by atoms with E-state index < -0.39 is 0 Å². The Morgan fingerprint density at radius 1 is 1.45 bits per heavy atom. The molecule has 20 heavy (non-hydrogen) atoms. The first-order valence-corrected chi connectivity index (χ1v) is 6.58. The van der Waals surface area contributed by atoms with Crippen molar-refractivity contribution in [1.29, 1.82) is 0 Å². The molecule has 2 aromatic rings. The van der Waals surface area contributed by atoms with Gasteiger partial charge in [0.05, 0.1) is 11.8 Å². The number of benzene rings is 1. The molecule has 0 aliphatic rings. The number of aryl methyl sites for hydroxylation is 1. The summed E-state index contributed by atoms with van der Waals surface area (Å²) in [5.74, 6) is -0.0599. The molecular formula is C14H17ClN4O. The molecule has 0 radical (unpaired) electrons.